The molecule has 0 unspecified atom stereocenters. The summed E-state index contributed by atoms with van der Waals surface area (Å²) in [6.07, 6.45) is 2.47. The number of rotatable bonds is 2. The zero-order chi connectivity index (χ0) is 16.2. The quantitative estimate of drug-likeness (QED) is 0.596. The molecule has 0 aromatic heterocycles. The normalized spacial score (nSPS) is 14.1. The predicted molar refractivity (Wildman–Crippen MR) is 93.3 cm³/mol. The summed E-state index contributed by atoms with van der Waals surface area (Å²) in [6, 6.07) is 17.7. The molecule has 4 heteroatoms. The van der Waals surface area contributed by atoms with Crippen LogP contribution in [0.15, 0.2) is 58.6 Å². The minimum atomic E-state index is -0.210. The lowest BCUT2D eigenvalue weighted by Gasteiger charge is -2.28. The molecular weight excluding hydrogens is 352 g/mol. The summed E-state index contributed by atoms with van der Waals surface area (Å²) in [6.45, 7) is 1.20. The van der Waals surface area contributed by atoms with Crippen LogP contribution in [0.5, 0.6) is 0 Å². The highest BCUT2D eigenvalue weighted by molar-refractivity contribution is 9.10. The molecule has 2 aromatic rings. The number of nitriles is 1. The number of hydrogen-bond acceptors (Lipinski definition) is 2. The first-order chi connectivity index (χ1) is 11.2. The Bertz CT molecular complexity index is 820. The number of fused-ring (bicyclic) bond motifs is 1. The van der Waals surface area contributed by atoms with Crippen molar-refractivity contribution in [1.29, 1.82) is 5.26 Å². The lowest BCUT2D eigenvalue weighted by Crippen LogP contribution is -2.36. The molecular formula is C19H15BrN2O. The van der Waals surface area contributed by atoms with Crippen LogP contribution in [0.1, 0.15) is 16.7 Å². The molecule has 0 radical (unpaired) electrons. The van der Waals surface area contributed by atoms with E-state index < -0.39 is 0 Å². The van der Waals surface area contributed by atoms with Crippen LogP contribution in [-0.2, 0) is 17.8 Å². The van der Waals surface area contributed by atoms with Gasteiger partial charge in [0.2, 0.25) is 0 Å². The SMILES string of the molecule is N#C/C(=C\c1ccccc1Br)C(=O)N1CCc2ccccc2C1. The Balaban J connectivity index is 1.85. The third-order valence-electron chi connectivity index (χ3n) is 3.97. The number of nitrogens with zero attached hydrogens (tertiary/aromatic N) is 2. The largest absolute Gasteiger partial charge is 0.333 e. The van der Waals surface area contributed by atoms with Gasteiger partial charge < -0.3 is 4.90 Å². The second-order valence-corrected chi connectivity index (χ2v) is 6.29. The minimum absolute atomic E-state index is 0.163. The molecule has 0 aliphatic carbocycles. The summed E-state index contributed by atoms with van der Waals surface area (Å²) in [7, 11) is 0. The molecule has 114 valence electrons. The highest BCUT2D eigenvalue weighted by Crippen LogP contribution is 2.22. The first kappa shape index (κ1) is 15.5. The van der Waals surface area contributed by atoms with Gasteiger partial charge in [0.05, 0.1) is 0 Å². The Morgan fingerprint density at radius 1 is 1.13 bits per heavy atom. The van der Waals surface area contributed by atoms with E-state index in [1.54, 1.807) is 11.0 Å². The second kappa shape index (κ2) is 6.80. The van der Waals surface area contributed by atoms with Crippen molar-refractivity contribution >= 4 is 27.9 Å². The van der Waals surface area contributed by atoms with E-state index in [1.165, 1.54) is 5.56 Å². The third-order valence-corrected chi connectivity index (χ3v) is 4.70. The first-order valence-corrected chi connectivity index (χ1v) is 8.20. The summed E-state index contributed by atoms with van der Waals surface area (Å²) in [5, 5.41) is 9.39. The van der Waals surface area contributed by atoms with Crippen molar-refractivity contribution in [3.05, 3.63) is 75.3 Å². The zero-order valence-electron chi connectivity index (χ0n) is 12.5. The Kier molecular flexibility index (Phi) is 4.59. The Hall–Kier alpha value is -2.38. The fraction of sp³-hybridized carbons (Fsp3) is 0.158. The van der Waals surface area contributed by atoms with Crippen LogP contribution in [-0.4, -0.2) is 17.4 Å². The van der Waals surface area contributed by atoms with Gasteiger partial charge >= 0.3 is 0 Å². The fourth-order valence-electron chi connectivity index (χ4n) is 2.73. The molecule has 0 bridgehead atoms. The van der Waals surface area contributed by atoms with Gasteiger partial charge in [-0.2, -0.15) is 5.26 Å². The molecule has 3 rings (SSSR count). The van der Waals surface area contributed by atoms with Crippen molar-refractivity contribution in [2.75, 3.05) is 6.54 Å². The highest BCUT2D eigenvalue weighted by Gasteiger charge is 2.23. The van der Waals surface area contributed by atoms with Crippen molar-refractivity contribution in [3.8, 4) is 6.07 Å². The summed E-state index contributed by atoms with van der Waals surface area (Å²) >= 11 is 3.44. The van der Waals surface area contributed by atoms with E-state index in [4.69, 9.17) is 0 Å². The van der Waals surface area contributed by atoms with Gasteiger partial charge in [-0.25, -0.2) is 0 Å². The monoisotopic (exact) mass is 366 g/mol. The Morgan fingerprint density at radius 3 is 2.57 bits per heavy atom. The van der Waals surface area contributed by atoms with E-state index in [0.29, 0.717) is 13.1 Å². The molecule has 0 spiro atoms. The van der Waals surface area contributed by atoms with Gasteiger partial charge in [0, 0.05) is 17.6 Å². The minimum Gasteiger partial charge on any atom is -0.333 e. The van der Waals surface area contributed by atoms with Crippen LogP contribution in [0.2, 0.25) is 0 Å². The Morgan fingerprint density at radius 2 is 1.83 bits per heavy atom. The molecule has 1 heterocycles. The number of hydrogen-bond donors (Lipinski definition) is 0. The van der Waals surface area contributed by atoms with Gasteiger partial charge in [-0.05, 0) is 35.3 Å². The van der Waals surface area contributed by atoms with E-state index in [9.17, 15) is 10.1 Å². The zero-order valence-corrected chi connectivity index (χ0v) is 14.1. The topological polar surface area (TPSA) is 44.1 Å². The maximum Gasteiger partial charge on any atom is 0.264 e. The van der Waals surface area contributed by atoms with Crippen molar-refractivity contribution < 1.29 is 4.79 Å². The van der Waals surface area contributed by atoms with Gasteiger partial charge in [0.15, 0.2) is 0 Å². The highest BCUT2D eigenvalue weighted by atomic mass is 79.9. The lowest BCUT2D eigenvalue weighted by molar-refractivity contribution is -0.127. The van der Waals surface area contributed by atoms with Gasteiger partial charge in [0.1, 0.15) is 11.6 Å². The first-order valence-electron chi connectivity index (χ1n) is 7.41. The van der Waals surface area contributed by atoms with E-state index in [-0.39, 0.29) is 11.5 Å². The van der Waals surface area contributed by atoms with Gasteiger partial charge in [-0.1, -0.05) is 58.4 Å². The van der Waals surface area contributed by atoms with E-state index in [2.05, 4.69) is 22.0 Å². The number of benzene rings is 2. The van der Waals surface area contributed by atoms with Crippen molar-refractivity contribution in [2.45, 2.75) is 13.0 Å². The average molecular weight is 367 g/mol. The predicted octanol–water partition coefficient (Wildman–Crippen LogP) is 3.94. The average Bonchev–Trinajstić information content (AvgIpc) is 2.60. The molecule has 0 saturated carbocycles. The second-order valence-electron chi connectivity index (χ2n) is 5.44. The number of halogens is 1. The molecule has 23 heavy (non-hydrogen) atoms. The van der Waals surface area contributed by atoms with Crippen LogP contribution in [0.3, 0.4) is 0 Å². The van der Waals surface area contributed by atoms with Crippen molar-refractivity contribution in [3.63, 3.8) is 0 Å². The van der Waals surface area contributed by atoms with Crippen LogP contribution in [0.4, 0.5) is 0 Å². The number of amides is 1. The Labute approximate surface area is 144 Å². The fourth-order valence-corrected chi connectivity index (χ4v) is 3.13. The lowest BCUT2D eigenvalue weighted by atomic mass is 9.99. The summed E-state index contributed by atoms with van der Waals surface area (Å²) in [5.74, 6) is -0.210. The van der Waals surface area contributed by atoms with Crippen LogP contribution in [0, 0.1) is 11.3 Å². The molecule has 1 aliphatic rings. The molecule has 0 atom stereocenters. The molecule has 0 N–H and O–H groups in total. The third kappa shape index (κ3) is 3.35. The number of carbonyl (C=O) groups excluding carboxylic acids is 1. The smallest absolute Gasteiger partial charge is 0.264 e. The molecule has 1 amide bonds. The van der Waals surface area contributed by atoms with Crippen molar-refractivity contribution in [2.24, 2.45) is 0 Å². The van der Waals surface area contributed by atoms with Gasteiger partial charge in [-0.3, -0.25) is 4.79 Å². The summed E-state index contributed by atoms with van der Waals surface area (Å²) < 4.78 is 0.865. The molecule has 0 saturated heterocycles. The standard InChI is InChI=1S/C19H15BrN2O/c20-18-8-4-3-6-15(18)11-17(12-21)19(23)22-10-9-14-5-1-2-7-16(14)13-22/h1-8,11H,9-10,13H2/b17-11+. The maximum atomic E-state index is 12.7. The molecule has 1 aliphatic heterocycles. The van der Waals surface area contributed by atoms with E-state index in [0.717, 1.165) is 22.0 Å². The van der Waals surface area contributed by atoms with Crippen molar-refractivity contribution in [1.82, 2.24) is 4.90 Å². The molecule has 0 fully saturated rings. The van der Waals surface area contributed by atoms with E-state index in [1.807, 2.05) is 48.5 Å². The summed E-state index contributed by atoms with van der Waals surface area (Å²) in [4.78, 5) is 14.4. The van der Waals surface area contributed by atoms with Crippen LogP contribution in [0.25, 0.3) is 6.08 Å². The van der Waals surface area contributed by atoms with E-state index >= 15 is 0 Å². The number of carbonyl (C=O) groups is 1. The van der Waals surface area contributed by atoms with Crippen LogP contribution < -0.4 is 0 Å². The van der Waals surface area contributed by atoms with Gasteiger partial charge in [-0.15, -0.1) is 0 Å². The molecule has 2 aromatic carbocycles. The summed E-state index contributed by atoms with van der Waals surface area (Å²) in [5.41, 5.74) is 3.43. The van der Waals surface area contributed by atoms with Crippen LogP contribution >= 0.6 is 15.9 Å². The molecule has 3 nitrogen and oxygen atoms in total. The maximum absolute atomic E-state index is 12.7. The van der Waals surface area contributed by atoms with Gasteiger partial charge in [0.25, 0.3) is 5.91 Å².